The van der Waals surface area contributed by atoms with E-state index in [0.717, 1.165) is 11.1 Å². The van der Waals surface area contributed by atoms with Crippen molar-refractivity contribution in [2.24, 2.45) is 0 Å². The van der Waals surface area contributed by atoms with Crippen molar-refractivity contribution in [3.05, 3.63) is 70.8 Å². The molecule has 1 aliphatic heterocycles. The number of carbonyl (C=O) groups excluding carboxylic acids is 2. The maximum Gasteiger partial charge on any atom is 0.338 e. The predicted molar refractivity (Wildman–Crippen MR) is 111 cm³/mol. The normalized spacial score (nSPS) is 24.9. The van der Waals surface area contributed by atoms with Gasteiger partial charge in [-0.05, 0) is 45.0 Å². The van der Waals surface area contributed by atoms with Gasteiger partial charge in [0.05, 0.1) is 23.6 Å². The third kappa shape index (κ3) is 5.10. The summed E-state index contributed by atoms with van der Waals surface area (Å²) in [7, 11) is 0. The zero-order chi connectivity index (χ0) is 22.6. The maximum absolute atomic E-state index is 12.6. The van der Waals surface area contributed by atoms with Crippen LogP contribution in [0.5, 0.6) is 0 Å². The van der Waals surface area contributed by atoms with Crippen LogP contribution < -0.4 is 0 Å². The molecule has 1 heterocycles. The molecule has 0 saturated carbocycles. The number of nitriles is 1. The summed E-state index contributed by atoms with van der Waals surface area (Å²) < 4.78 is 16.7. The number of hydrogen-bond acceptors (Lipinski definition) is 7. The minimum Gasteiger partial charge on any atom is -0.459 e. The lowest BCUT2D eigenvalue weighted by molar-refractivity contribution is -0.0721. The summed E-state index contributed by atoms with van der Waals surface area (Å²) in [4.78, 5) is 25.0. The Morgan fingerprint density at radius 1 is 1.03 bits per heavy atom. The lowest BCUT2D eigenvalue weighted by atomic mass is 9.91. The zero-order valence-electron chi connectivity index (χ0n) is 17.7. The molecule has 0 spiro atoms. The number of nitrogens with zero attached hydrogens (tertiary/aromatic N) is 1. The number of ether oxygens (including phenoxy) is 3. The molecule has 31 heavy (non-hydrogen) atoms. The van der Waals surface area contributed by atoms with Crippen molar-refractivity contribution in [3.63, 3.8) is 0 Å². The highest BCUT2D eigenvalue weighted by Gasteiger charge is 2.55. The minimum absolute atomic E-state index is 0.103. The first-order valence-corrected chi connectivity index (χ1v) is 9.98. The molecule has 0 radical (unpaired) electrons. The third-order valence-corrected chi connectivity index (χ3v) is 5.37. The van der Waals surface area contributed by atoms with Gasteiger partial charge in [0.2, 0.25) is 0 Å². The summed E-state index contributed by atoms with van der Waals surface area (Å²) >= 11 is 0. The molecule has 0 aromatic heterocycles. The summed E-state index contributed by atoms with van der Waals surface area (Å²) in [6.45, 7) is 5.02. The SMILES string of the molecule is Cc1ccc(C(=O)OC[C@H]2O[C@H](CC#N)[C@](C)(O)[C@@H]2OC(=O)c2ccc(C)cc2)cc1. The predicted octanol–water partition coefficient (Wildman–Crippen LogP) is 3.12. The van der Waals surface area contributed by atoms with Gasteiger partial charge in [-0.15, -0.1) is 0 Å². The number of rotatable bonds is 6. The fourth-order valence-corrected chi connectivity index (χ4v) is 3.44. The quantitative estimate of drug-likeness (QED) is 0.712. The third-order valence-electron chi connectivity index (χ3n) is 5.37. The van der Waals surface area contributed by atoms with E-state index in [1.807, 2.05) is 19.9 Å². The fourth-order valence-electron chi connectivity index (χ4n) is 3.44. The standard InChI is InChI=1S/C24H25NO6/c1-15-4-8-17(9-5-15)22(26)29-14-19-21(24(3,28)20(30-19)12-13-25)31-23(27)18-10-6-16(2)7-11-18/h4-11,19-21,28H,12,14H2,1-3H3/t19-,20-,21-,24+/m1/s1. The van der Waals surface area contributed by atoms with Crippen LogP contribution >= 0.6 is 0 Å². The van der Waals surface area contributed by atoms with E-state index < -0.39 is 35.9 Å². The number of aryl methyl sites for hydroxylation is 2. The van der Waals surface area contributed by atoms with E-state index in [1.54, 1.807) is 48.5 Å². The Kier molecular flexibility index (Phi) is 6.74. The summed E-state index contributed by atoms with van der Waals surface area (Å²) in [6, 6.07) is 15.7. The van der Waals surface area contributed by atoms with E-state index in [0.29, 0.717) is 11.1 Å². The molecule has 7 nitrogen and oxygen atoms in total. The van der Waals surface area contributed by atoms with Gasteiger partial charge in [-0.3, -0.25) is 0 Å². The first-order chi connectivity index (χ1) is 14.7. The monoisotopic (exact) mass is 423 g/mol. The van der Waals surface area contributed by atoms with E-state index >= 15 is 0 Å². The van der Waals surface area contributed by atoms with Gasteiger partial charge in [0, 0.05) is 0 Å². The van der Waals surface area contributed by atoms with Gasteiger partial charge >= 0.3 is 11.9 Å². The van der Waals surface area contributed by atoms with Crippen LogP contribution in [0.3, 0.4) is 0 Å². The van der Waals surface area contributed by atoms with Gasteiger partial charge in [-0.1, -0.05) is 35.4 Å². The molecule has 0 aliphatic carbocycles. The van der Waals surface area contributed by atoms with Gasteiger partial charge in [0.1, 0.15) is 24.4 Å². The summed E-state index contributed by atoms with van der Waals surface area (Å²) in [6.07, 6.45) is -3.03. The second-order valence-corrected chi connectivity index (χ2v) is 7.91. The topological polar surface area (TPSA) is 106 Å². The maximum atomic E-state index is 12.6. The van der Waals surface area contributed by atoms with Crippen molar-refractivity contribution >= 4 is 11.9 Å². The molecule has 1 N–H and O–H groups in total. The largest absolute Gasteiger partial charge is 0.459 e. The van der Waals surface area contributed by atoms with Crippen molar-refractivity contribution in [1.29, 1.82) is 5.26 Å². The van der Waals surface area contributed by atoms with Crippen molar-refractivity contribution in [2.45, 2.75) is 51.1 Å². The van der Waals surface area contributed by atoms with E-state index in [4.69, 9.17) is 19.5 Å². The average Bonchev–Trinajstić information content (AvgIpc) is 2.97. The van der Waals surface area contributed by atoms with Crippen LogP contribution in [-0.2, 0) is 14.2 Å². The molecule has 2 aromatic carbocycles. The van der Waals surface area contributed by atoms with E-state index in [2.05, 4.69) is 0 Å². The number of hydrogen-bond donors (Lipinski definition) is 1. The molecular weight excluding hydrogens is 398 g/mol. The van der Waals surface area contributed by atoms with Crippen LogP contribution in [0.25, 0.3) is 0 Å². The summed E-state index contributed by atoms with van der Waals surface area (Å²) in [5.74, 6) is -1.20. The number of esters is 2. The van der Waals surface area contributed by atoms with Crippen LogP contribution in [0, 0.1) is 25.2 Å². The Bertz CT molecular complexity index is 975. The van der Waals surface area contributed by atoms with Gasteiger partial charge in [-0.25, -0.2) is 9.59 Å². The Morgan fingerprint density at radius 2 is 1.55 bits per heavy atom. The molecule has 4 atom stereocenters. The van der Waals surface area contributed by atoms with Crippen LogP contribution in [-0.4, -0.2) is 47.6 Å². The summed E-state index contributed by atoms with van der Waals surface area (Å²) in [5.41, 5.74) is 1.06. The van der Waals surface area contributed by atoms with Gasteiger partial charge in [0.15, 0.2) is 6.10 Å². The minimum atomic E-state index is -1.63. The Balaban J connectivity index is 1.74. The fraction of sp³-hybridized carbons (Fsp3) is 0.375. The Morgan fingerprint density at radius 3 is 2.06 bits per heavy atom. The van der Waals surface area contributed by atoms with Crippen molar-refractivity contribution in [3.8, 4) is 6.07 Å². The molecule has 1 aliphatic rings. The van der Waals surface area contributed by atoms with Crippen molar-refractivity contribution in [2.75, 3.05) is 6.61 Å². The highest BCUT2D eigenvalue weighted by molar-refractivity contribution is 5.90. The molecule has 162 valence electrons. The molecule has 0 unspecified atom stereocenters. The Labute approximate surface area is 181 Å². The van der Waals surface area contributed by atoms with E-state index in [1.165, 1.54) is 6.92 Å². The van der Waals surface area contributed by atoms with Crippen molar-refractivity contribution < 1.29 is 28.9 Å². The average molecular weight is 423 g/mol. The molecule has 1 saturated heterocycles. The first kappa shape index (κ1) is 22.5. The van der Waals surface area contributed by atoms with Gasteiger partial charge < -0.3 is 19.3 Å². The highest BCUT2D eigenvalue weighted by Crippen LogP contribution is 2.35. The summed E-state index contributed by atoms with van der Waals surface area (Å²) in [5, 5.41) is 20.0. The van der Waals surface area contributed by atoms with Crippen LogP contribution in [0.4, 0.5) is 0 Å². The Hall–Kier alpha value is -3.21. The van der Waals surface area contributed by atoms with Crippen molar-refractivity contribution in [1.82, 2.24) is 0 Å². The zero-order valence-corrected chi connectivity index (χ0v) is 17.7. The van der Waals surface area contributed by atoms with Crippen LogP contribution in [0.15, 0.2) is 48.5 Å². The van der Waals surface area contributed by atoms with E-state index in [-0.39, 0.29) is 13.0 Å². The van der Waals surface area contributed by atoms with E-state index in [9.17, 15) is 14.7 Å². The second kappa shape index (κ2) is 9.29. The number of carbonyl (C=O) groups is 2. The number of aliphatic hydroxyl groups is 1. The molecule has 1 fully saturated rings. The molecule has 0 amide bonds. The molecule has 0 bridgehead atoms. The molecule has 3 rings (SSSR count). The van der Waals surface area contributed by atoms with Gasteiger partial charge in [0.25, 0.3) is 0 Å². The smallest absolute Gasteiger partial charge is 0.338 e. The lowest BCUT2D eigenvalue weighted by Gasteiger charge is -2.29. The number of benzene rings is 2. The highest BCUT2D eigenvalue weighted by atomic mass is 16.6. The second-order valence-electron chi connectivity index (χ2n) is 7.91. The first-order valence-electron chi connectivity index (χ1n) is 9.98. The van der Waals surface area contributed by atoms with Crippen LogP contribution in [0.2, 0.25) is 0 Å². The van der Waals surface area contributed by atoms with Gasteiger partial charge in [-0.2, -0.15) is 5.26 Å². The van der Waals surface area contributed by atoms with Crippen LogP contribution in [0.1, 0.15) is 45.2 Å². The molecule has 2 aromatic rings. The molecular formula is C24H25NO6. The lowest BCUT2D eigenvalue weighted by Crippen LogP contribution is -2.48. The molecule has 7 heteroatoms.